The highest BCUT2D eigenvalue weighted by atomic mass is 32.2. The van der Waals surface area contributed by atoms with Crippen molar-refractivity contribution in [1.29, 1.82) is 0 Å². The zero-order chi connectivity index (χ0) is 12.8. The third kappa shape index (κ3) is 4.10. The number of rotatable bonds is 6. The second-order valence-corrected chi connectivity index (χ2v) is 6.04. The van der Waals surface area contributed by atoms with Crippen LogP contribution < -0.4 is 11.3 Å². The summed E-state index contributed by atoms with van der Waals surface area (Å²) in [5, 5.41) is 2.07. The maximum atomic E-state index is 12.8. The number of benzene rings is 1. The molecule has 0 radical (unpaired) electrons. The van der Waals surface area contributed by atoms with Crippen molar-refractivity contribution in [1.82, 2.24) is 5.43 Å². The van der Waals surface area contributed by atoms with Crippen molar-refractivity contribution in [3.05, 3.63) is 52.5 Å². The predicted octanol–water partition coefficient (Wildman–Crippen LogP) is 3.05. The van der Waals surface area contributed by atoms with Crippen LogP contribution >= 0.6 is 23.1 Å². The van der Waals surface area contributed by atoms with E-state index in [1.807, 2.05) is 6.07 Å². The molecule has 1 aromatic heterocycles. The zero-order valence-electron chi connectivity index (χ0n) is 9.80. The molecule has 1 atom stereocenters. The van der Waals surface area contributed by atoms with Crippen LogP contribution in [0.2, 0.25) is 0 Å². The molecule has 0 fully saturated rings. The third-order valence-corrected chi connectivity index (χ3v) is 4.60. The standard InChI is InChI=1S/C13H15FN2S2/c14-10-3-5-12(6-4-10)18-9-11(16-15)8-13-2-1-7-17-13/h1-7,11,16H,8-9,15H2. The van der Waals surface area contributed by atoms with Crippen molar-refractivity contribution >= 4 is 23.1 Å². The van der Waals surface area contributed by atoms with Gasteiger partial charge in [-0.05, 0) is 42.1 Å². The van der Waals surface area contributed by atoms with Gasteiger partial charge in [-0.1, -0.05) is 6.07 Å². The maximum absolute atomic E-state index is 12.8. The summed E-state index contributed by atoms with van der Waals surface area (Å²) in [7, 11) is 0. The Labute approximate surface area is 114 Å². The van der Waals surface area contributed by atoms with Crippen LogP contribution in [0, 0.1) is 5.82 Å². The van der Waals surface area contributed by atoms with Gasteiger partial charge in [-0.15, -0.1) is 23.1 Å². The Kier molecular flexibility index (Phi) is 5.19. The van der Waals surface area contributed by atoms with Gasteiger partial charge in [-0.25, -0.2) is 4.39 Å². The van der Waals surface area contributed by atoms with E-state index in [1.165, 1.54) is 17.0 Å². The molecule has 5 heteroatoms. The van der Waals surface area contributed by atoms with Gasteiger partial charge in [0, 0.05) is 21.6 Å². The number of thiophene rings is 1. The van der Waals surface area contributed by atoms with Crippen LogP contribution in [0.5, 0.6) is 0 Å². The van der Waals surface area contributed by atoms with E-state index in [9.17, 15) is 4.39 Å². The summed E-state index contributed by atoms with van der Waals surface area (Å²) in [6.07, 6.45) is 0.919. The molecule has 0 spiro atoms. The molecule has 2 nitrogen and oxygen atoms in total. The minimum atomic E-state index is -0.202. The van der Waals surface area contributed by atoms with Crippen molar-refractivity contribution in [2.75, 3.05) is 5.75 Å². The maximum Gasteiger partial charge on any atom is 0.123 e. The van der Waals surface area contributed by atoms with E-state index in [-0.39, 0.29) is 11.9 Å². The van der Waals surface area contributed by atoms with Crippen molar-refractivity contribution in [3.63, 3.8) is 0 Å². The summed E-state index contributed by atoms with van der Waals surface area (Å²) in [4.78, 5) is 2.38. The molecule has 96 valence electrons. The van der Waals surface area contributed by atoms with Gasteiger partial charge in [-0.3, -0.25) is 11.3 Å². The fourth-order valence-electron chi connectivity index (χ4n) is 1.57. The van der Waals surface area contributed by atoms with E-state index in [0.717, 1.165) is 17.1 Å². The number of hydrazine groups is 1. The van der Waals surface area contributed by atoms with E-state index < -0.39 is 0 Å². The minimum absolute atomic E-state index is 0.202. The van der Waals surface area contributed by atoms with Gasteiger partial charge in [0.15, 0.2) is 0 Å². The average molecular weight is 282 g/mol. The van der Waals surface area contributed by atoms with Crippen LogP contribution in [0.15, 0.2) is 46.7 Å². The second-order valence-electron chi connectivity index (χ2n) is 3.91. The van der Waals surface area contributed by atoms with E-state index in [1.54, 1.807) is 35.2 Å². The Morgan fingerprint density at radius 2 is 2.06 bits per heavy atom. The molecule has 2 aromatic rings. The molecule has 3 N–H and O–H groups in total. The number of halogens is 1. The quantitative estimate of drug-likeness (QED) is 0.486. The highest BCUT2D eigenvalue weighted by molar-refractivity contribution is 7.99. The van der Waals surface area contributed by atoms with Crippen molar-refractivity contribution in [3.8, 4) is 0 Å². The molecule has 1 aromatic carbocycles. The summed E-state index contributed by atoms with van der Waals surface area (Å²) >= 11 is 3.41. The molecular formula is C13H15FN2S2. The molecule has 1 unspecified atom stereocenters. The van der Waals surface area contributed by atoms with Gasteiger partial charge in [0.05, 0.1) is 0 Å². The number of nitrogens with one attached hydrogen (secondary N) is 1. The Morgan fingerprint density at radius 1 is 1.28 bits per heavy atom. The van der Waals surface area contributed by atoms with Crippen LogP contribution in [0.1, 0.15) is 4.88 Å². The van der Waals surface area contributed by atoms with Gasteiger partial charge >= 0.3 is 0 Å². The molecule has 0 saturated heterocycles. The molecule has 2 rings (SSSR count). The predicted molar refractivity (Wildman–Crippen MR) is 76.3 cm³/mol. The highest BCUT2D eigenvalue weighted by Gasteiger charge is 2.09. The summed E-state index contributed by atoms with van der Waals surface area (Å²) in [5.74, 6) is 6.22. The Balaban J connectivity index is 1.85. The normalized spacial score (nSPS) is 12.6. The fourth-order valence-corrected chi connectivity index (χ4v) is 3.29. The lowest BCUT2D eigenvalue weighted by Gasteiger charge is -2.14. The van der Waals surface area contributed by atoms with Crippen LogP contribution in [-0.4, -0.2) is 11.8 Å². The lowest BCUT2D eigenvalue weighted by atomic mass is 10.2. The third-order valence-electron chi connectivity index (χ3n) is 2.53. The molecular weight excluding hydrogens is 267 g/mol. The summed E-state index contributed by atoms with van der Waals surface area (Å²) < 4.78 is 12.8. The van der Waals surface area contributed by atoms with E-state index in [2.05, 4.69) is 16.9 Å². The van der Waals surface area contributed by atoms with Crippen LogP contribution in [0.25, 0.3) is 0 Å². The van der Waals surface area contributed by atoms with Gasteiger partial charge in [0.25, 0.3) is 0 Å². The van der Waals surface area contributed by atoms with E-state index in [4.69, 9.17) is 5.84 Å². The number of nitrogens with two attached hydrogens (primary N) is 1. The Bertz CT molecular complexity index is 456. The van der Waals surface area contributed by atoms with Crippen LogP contribution in [0.3, 0.4) is 0 Å². The van der Waals surface area contributed by atoms with Crippen LogP contribution in [0.4, 0.5) is 4.39 Å². The van der Waals surface area contributed by atoms with Gasteiger partial charge in [0.2, 0.25) is 0 Å². The lowest BCUT2D eigenvalue weighted by molar-refractivity contribution is 0.579. The van der Waals surface area contributed by atoms with E-state index in [0.29, 0.717) is 0 Å². The molecule has 0 aliphatic carbocycles. The monoisotopic (exact) mass is 282 g/mol. The lowest BCUT2D eigenvalue weighted by Crippen LogP contribution is -2.38. The summed E-state index contributed by atoms with van der Waals surface area (Å²) in [5.41, 5.74) is 2.83. The second kappa shape index (κ2) is 6.89. The first-order valence-electron chi connectivity index (χ1n) is 5.65. The summed E-state index contributed by atoms with van der Waals surface area (Å²) in [6, 6.07) is 10.9. The van der Waals surface area contributed by atoms with Crippen molar-refractivity contribution in [2.45, 2.75) is 17.4 Å². The Morgan fingerprint density at radius 3 is 2.67 bits per heavy atom. The first-order chi connectivity index (χ1) is 8.78. The number of hydrogen-bond donors (Lipinski definition) is 2. The minimum Gasteiger partial charge on any atom is -0.271 e. The molecule has 0 saturated carbocycles. The van der Waals surface area contributed by atoms with Gasteiger partial charge < -0.3 is 0 Å². The highest BCUT2D eigenvalue weighted by Crippen LogP contribution is 2.20. The molecule has 1 heterocycles. The topological polar surface area (TPSA) is 38.0 Å². The SMILES string of the molecule is NNC(CSc1ccc(F)cc1)Cc1cccs1. The molecule has 18 heavy (non-hydrogen) atoms. The van der Waals surface area contributed by atoms with Gasteiger partial charge in [-0.2, -0.15) is 0 Å². The van der Waals surface area contributed by atoms with Crippen molar-refractivity contribution in [2.24, 2.45) is 5.84 Å². The first kappa shape index (κ1) is 13.5. The summed E-state index contributed by atoms with van der Waals surface area (Å²) in [6.45, 7) is 0. The molecule has 0 aliphatic rings. The number of thioether (sulfide) groups is 1. The van der Waals surface area contributed by atoms with Gasteiger partial charge in [0.1, 0.15) is 5.82 Å². The number of hydrogen-bond acceptors (Lipinski definition) is 4. The van der Waals surface area contributed by atoms with E-state index >= 15 is 0 Å². The zero-order valence-corrected chi connectivity index (χ0v) is 11.4. The smallest absolute Gasteiger partial charge is 0.123 e. The molecule has 0 amide bonds. The fraction of sp³-hybridized carbons (Fsp3) is 0.231. The average Bonchev–Trinajstić information content (AvgIpc) is 2.89. The van der Waals surface area contributed by atoms with Crippen LogP contribution in [-0.2, 0) is 6.42 Å². The Hall–Kier alpha value is -0.880. The molecule has 0 bridgehead atoms. The largest absolute Gasteiger partial charge is 0.271 e. The molecule has 0 aliphatic heterocycles. The van der Waals surface area contributed by atoms with Crippen molar-refractivity contribution < 1.29 is 4.39 Å². The first-order valence-corrected chi connectivity index (χ1v) is 7.51.